The third-order valence-corrected chi connectivity index (χ3v) is 3.41. The summed E-state index contributed by atoms with van der Waals surface area (Å²) in [5, 5.41) is 2.76. The molecule has 0 saturated carbocycles. The highest BCUT2D eigenvalue weighted by atomic mass is 79.9. The van der Waals surface area contributed by atoms with Crippen molar-refractivity contribution in [3.63, 3.8) is 0 Å². The molecule has 0 fully saturated rings. The van der Waals surface area contributed by atoms with Gasteiger partial charge in [0.25, 0.3) is 5.91 Å². The number of hydrogen-bond donors (Lipinski definition) is 2. The maximum Gasteiger partial charge on any atom is 0.265 e. The van der Waals surface area contributed by atoms with E-state index in [0.29, 0.717) is 17.0 Å². The summed E-state index contributed by atoms with van der Waals surface area (Å²) in [6.45, 7) is 1.65. The lowest BCUT2D eigenvalue weighted by molar-refractivity contribution is -0.122. The van der Waals surface area contributed by atoms with Gasteiger partial charge in [0, 0.05) is 15.7 Å². The van der Waals surface area contributed by atoms with E-state index in [-0.39, 0.29) is 5.91 Å². The van der Waals surface area contributed by atoms with Crippen LogP contribution in [0.5, 0.6) is 5.75 Å². The molecule has 0 aliphatic carbocycles. The van der Waals surface area contributed by atoms with Crippen LogP contribution in [0.1, 0.15) is 17.3 Å². The molecule has 0 bridgehead atoms. The van der Waals surface area contributed by atoms with Gasteiger partial charge in [0.1, 0.15) is 5.75 Å². The Bertz CT molecular complexity index is 686. The molecule has 0 radical (unpaired) electrons. The molecule has 114 valence electrons. The van der Waals surface area contributed by atoms with Gasteiger partial charge in [-0.25, -0.2) is 0 Å². The van der Waals surface area contributed by atoms with Crippen molar-refractivity contribution in [1.29, 1.82) is 0 Å². The normalized spacial score (nSPS) is 11.5. The van der Waals surface area contributed by atoms with Crippen LogP contribution in [0.15, 0.2) is 53.0 Å². The number of ether oxygens (including phenoxy) is 1. The number of amides is 2. The van der Waals surface area contributed by atoms with Gasteiger partial charge < -0.3 is 15.8 Å². The second-order valence-electron chi connectivity index (χ2n) is 4.65. The van der Waals surface area contributed by atoms with E-state index in [2.05, 4.69) is 21.2 Å². The lowest BCUT2D eigenvalue weighted by atomic mass is 10.2. The second kappa shape index (κ2) is 7.09. The van der Waals surface area contributed by atoms with Crippen molar-refractivity contribution in [2.24, 2.45) is 5.73 Å². The minimum absolute atomic E-state index is 0.267. The maximum absolute atomic E-state index is 12.1. The van der Waals surface area contributed by atoms with E-state index in [1.807, 2.05) is 12.1 Å². The summed E-state index contributed by atoms with van der Waals surface area (Å²) >= 11 is 3.34. The zero-order chi connectivity index (χ0) is 16.1. The highest BCUT2D eigenvalue weighted by Crippen LogP contribution is 2.17. The van der Waals surface area contributed by atoms with Crippen LogP contribution in [-0.2, 0) is 4.79 Å². The van der Waals surface area contributed by atoms with Gasteiger partial charge >= 0.3 is 0 Å². The van der Waals surface area contributed by atoms with Crippen LogP contribution in [0.25, 0.3) is 0 Å². The first-order valence-corrected chi connectivity index (χ1v) is 7.38. The molecule has 2 rings (SSSR count). The van der Waals surface area contributed by atoms with Crippen molar-refractivity contribution < 1.29 is 14.3 Å². The number of carbonyl (C=O) groups is 2. The summed E-state index contributed by atoms with van der Waals surface area (Å²) in [5.41, 5.74) is 6.23. The number of carbonyl (C=O) groups excluding carboxylic acids is 2. The Kier molecular flexibility index (Phi) is 5.16. The number of benzene rings is 2. The molecule has 0 aliphatic rings. The van der Waals surface area contributed by atoms with Crippen molar-refractivity contribution in [3.05, 3.63) is 58.6 Å². The van der Waals surface area contributed by atoms with Crippen LogP contribution in [0.3, 0.4) is 0 Å². The molecule has 0 heterocycles. The molecule has 6 heteroatoms. The summed E-state index contributed by atoms with van der Waals surface area (Å²) < 4.78 is 6.41. The topological polar surface area (TPSA) is 81.4 Å². The van der Waals surface area contributed by atoms with Gasteiger partial charge in [-0.2, -0.15) is 0 Å². The fraction of sp³-hybridized carbons (Fsp3) is 0.125. The third kappa shape index (κ3) is 4.33. The monoisotopic (exact) mass is 362 g/mol. The first-order valence-electron chi connectivity index (χ1n) is 6.58. The fourth-order valence-electron chi connectivity index (χ4n) is 1.77. The van der Waals surface area contributed by atoms with E-state index < -0.39 is 12.0 Å². The molecular formula is C16H15BrN2O3. The van der Waals surface area contributed by atoms with Gasteiger partial charge in [0.05, 0.1) is 0 Å². The fourth-order valence-corrected chi connectivity index (χ4v) is 2.16. The van der Waals surface area contributed by atoms with Crippen molar-refractivity contribution in [1.82, 2.24) is 0 Å². The van der Waals surface area contributed by atoms with Gasteiger partial charge in [-0.3, -0.25) is 9.59 Å². The predicted octanol–water partition coefficient (Wildman–Crippen LogP) is 2.95. The molecule has 0 aliphatic heterocycles. The van der Waals surface area contributed by atoms with Crippen molar-refractivity contribution in [3.8, 4) is 5.75 Å². The highest BCUT2D eigenvalue weighted by molar-refractivity contribution is 9.10. The lowest BCUT2D eigenvalue weighted by Crippen LogP contribution is -2.30. The van der Waals surface area contributed by atoms with E-state index in [1.54, 1.807) is 43.3 Å². The van der Waals surface area contributed by atoms with Crippen LogP contribution < -0.4 is 15.8 Å². The van der Waals surface area contributed by atoms with E-state index in [0.717, 1.165) is 4.47 Å². The van der Waals surface area contributed by atoms with Gasteiger partial charge in [0.2, 0.25) is 5.91 Å². The summed E-state index contributed by atoms with van der Waals surface area (Å²) in [6, 6.07) is 13.6. The molecule has 0 saturated heterocycles. The summed E-state index contributed by atoms with van der Waals surface area (Å²) in [4.78, 5) is 23.1. The van der Waals surface area contributed by atoms with Gasteiger partial charge in [-0.05, 0) is 49.4 Å². The SMILES string of the molecule is C[C@H](Oc1ccc(C(N)=O)cc1)C(=O)Nc1cccc(Br)c1. The van der Waals surface area contributed by atoms with E-state index in [4.69, 9.17) is 10.5 Å². The van der Waals surface area contributed by atoms with Crippen molar-refractivity contribution in [2.45, 2.75) is 13.0 Å². The van der Waals surface area contributed by atoms with Crippen LogP contribution in [0.2, 0.25) is 0 Å². The Morgan fingerprint density at radius 2 is 1.86 bits per heavy atom. The minimum Gasteiger partial charge on any atom is -0.481 e. The molecule has 2 aromatic carbocycles. The van der Waals surface area contributed by atoms with E-state index in [9.17, 15) is 9.59 Å². The number of anilines is 1. The Morgan fingerprint density at radius 3 is 2.45 bits per heavy atom. The first-order chi connectivity index (χ1) is 10.5. The summed E-state index contributed by atoms with van der Waals surface area (Å²) in [7, 11) is 0. The number of hydrogen-bond acceptors (Lipinski definition) is 3. The van der Waals surface area contributed by atoms with Crippen molar-refractivity contribution >= 4 is 33.4 Å². The van der Waals surface area contributed by atoms with Gasteiger partial charge in [-0.15, -0.1) is 0 Å². The molecule has 5 nitrogen and oxygen atoms in total. The predicted molar refractivity (Wildman–Crippen MR) is 87.8 cm³/mol. The van der Waals surface area contributed by atoms with E-state index in [1.165, 1.54) is 0 Å². The minimum atomic E-state index is -0.682. The first kappa shape index (κ1) is 16.0. The summed E-state index contributed by atoms with van der Waals surface area (Å²) in [6.07, 6.45) is -0.682. The molecule has 0 spiro atoms. The number of nitrogens with two attached hydrogens (primary N) is 1. The standard InChI is InChI=1S/C16H15BrN2O3/c1-10(16(21)19-13-4-2-3-12(17)9-13)22-14-7-5-11(6-8-14)15(18)20/h2-10H,1H3,(H2,18,20)(H,19,21)/t10-/m0/s1. The number of rotatable bonds is 5. The van der Waals surface area contributed by atoms with Crippen LogP contribution >= 0.6 is 15.9 Å². The highest BCUT2D eigenvalue weighted by Gasteiger charge is 2.15. The van der Waals surface area contributed by atoms with Gasteiger partial charge in [0.15, 0.2) is 6.10 Å². The van der Waals surface area contributed by atoms with E-state index >= 15 is 0 Å². The number of nitrogens with one attached hydrogen (secondary N) is 1. The smallest absolute Gasteiger partial charge is 0.265 e. The average Bonchev–Trinajstić information content (AvgIpc) is 2.47. The molecule has 1 atom stereocenters. The Morgan fingerprint density at radius 1 is 1.18 bits per heavy atom. The number of primary amides is 1. The van der Waals surface area contributed by atoms with Crippen LogP contribution in [-0.4, -0.2) is 17.9 Å². The molecule has 22 heavy (non-hydrogen) atoms. The zero-order valence-electron chi connectivity index (χ0n) is 11.9. The molecule has 3 N–H and O–H groups in total. The number of halogens is 1. The van der Waals surface area contributed by atoms with Crippen LogP contribution in [0, 0.1) is 0 Å². The Labute approximate surface area is 136 Å². The molecule has 2 aromatic rings. The average molecular weight is 363 g/mol. The second-order valence-corrected chi connectivity index (χ2v) is 5.56. The summed E-state index contributed by atoms with van der Waals surface area (Å²) in [5.74, 6) is -0.286. The quantitative estimate of drug-likeness (QED) is 0.857. The zero-order valence-corrected chi connectivity index (χ0v) is 13.5. The van der Waals surface area contributed by atoms with Crippen molar-refractivity contribution in [2.75, 3.05) is 5.32 Å². The Balaban J connectivity index is 1.97. The molecule has 0 aromatic heterocycles. The molecular weight excluding hydrogens is 348 g/mol. The third-order valence-electron chi connectivity index (χ3n) is 2.91. The largest absolute Gasteiger partial charge is 0.481 e. The molecule has 2 amide bonds. The maximum atomic E-state index is 12.1. The van der Waals surface area contributed by atoms with Crippen LogP contribution in [0.4, 0.5) is 5.69 Å². The Hall–Kier alpha value is -2.34. The lowest BCUT2D eigenvalue weighted by Gasteiger charge is -2.15. The van der Waals surface area contributed by atoms with Gasteiger partial charge in [-0.1, -0.05) is 22.0 Å². The molecule has 0 unspecified atom stereocenters.